The third-order valence-electron chi connectivity index (χ3n) is 6.49. The number of hydrogen-bond acceptors (Lipinski definition) is 5. The van der Waals surface area contributed by atoms with Crippen LogP contribution in [0.4, 0.5) is 10.5 Å². The maximum Gasteiger partial charge on any atom is 0.410 e. The van der Waals surface area contributed by atoms with E-state index >= 15 is 0 Å². The SMILES string of the molecule is CC(C)(C)OC(=O)N1CCN(Cc2ccc3oc(-c4ccccc4NC(=O)c4ccccc4)cc3c2)CC1. The van der Waals surface area contributed by atoms with Crippen LogP contribution in [0, 0.1) is 0 Å². The highest BCUT2D eigenvalue weighted by Crippen LogP contribution is 2.33. The topological polar surface area (TPSA) is 75.0 Å². The lowest BCUT2D eigenvalue weighted by Crippen LogP contribution is -2.49. The number of rotatable bonds is 5. The molecule has 3 aromatic carbocycles. The number of para-hydroxylation sites is 1. The normalized spacial score (nSPS) is 14.4. The minimum absolute atomic E-state index is 0.164. The van der Waals surface area contributed by atoms with E-state index in [9.17, 15) is 9.59 Å². The molecule has 1 aromatic heterocycles. The van der Waals surface area contributed by atoms with Gasteiger partial charge < -0.3 is 19.4 Å². The first-order valence-corrected chi connectivity index (χ1v) is 12.9. The van der Waals surface area contributed by atoms with E-state index in [1.165, 1.54) is 5.56 Å². The maximum atomic E-state index is 12.7. The summed E-state index contributed by atoms with van der Waals surface area (Å²) in [5.41, 5.74) is 3.62. The molecule has 1 fully saturated rings. The summed E-state index contributed by atoms with van der Waals surface area (Å²) in [5.74, 6) is 0.537. The number of fused-ring (bicyclic) bond motifs is 1. The van der Waals surface area contributed by atoms with Crippen LogP contribution in [-0.4, -0.2) is 53.6 Å². The molecule has 5 rings (SSSR count). The Morgan fingerprint density at radius 3 is 2.34 bits per heavy atom. The average Bonchev–Trinajstić information content (AvgIpc) is 3.32. The van der Waals surface area contributed by atoms with Crippen molar-refractivity contribution >= 4 is 28.7 Å². The summed E-state index contributed by atoms with van der Waals surface area (Å²) < 4.78 is 11.7. The van der Waals surface area contributed by atoms with Crippen molar-refractivity contribution in [1.82, 2.24) is 9.80 Å². The Morgan fingerprint density at radius 1 is 0.895 bits per heavy atom. The third-order valence-corrected chi connectivity index (χ3v) is 6.49. The molecule has 0 atom stereocenters. The van der Waals surface area contributed by atoms with E-state index in [2.05, 4.69) is 22.3 Å². The van der Waals surface area contributed by atoms with Gasteiger partial charge in [-0.2, -0.15) is 0 Å². The second kappa shape index (κ2) is 10.7. The first-order chi connectivity index (χ1) is 18.2. The van der Waals surface area contributed by atoms with E-state index < -0.39 is 5.60 Å². The molecule has 0 aliphatic carbocycles. The van der Waals surface area contributed by atoms with Gasteiger partial charge in [0.1, 0.15) is 16.9 Å². The van der Waals surface area contributed by atoms with Gasteiger partial charge in [0, 0.05) is 49.2 Å². The van der Waals surface area contributed by atoms with Gasteiger partial charge in [-0.1, -0.05) is 36.4 Å². The zero-order valence-corrected chi connectivity index (χ0v) is 22.1. The number of nitrogens with zero attached hydrogens (tertiary/aromatic N) is 2. The van der Waals surface area contributed by atoms with Gasteiger partial charge in [-0.3, -0.25) is 9.69 Å². The fraction of sp³-hybridized carbons (Fsp3) is 0.290. The highest BCUT2D eigenvalue weighted by molar-refractivity contribution is 6.06. The molecule has 2 amide bonds. The molecule has 2 heterocycles. The quantitative estimate of drug-likeness (QED) is 0.335. The van der Waals surface area contributed by atoms with Crippen molar-refractivity contribution in [3.63, 3.8) is 0 Å². The van der Waals surface area contributed by atoms with Crippen LogP contribution in [0.1, 0.15) is 36.7 Å². The molecule has 1 aliphatic rings. The van der Waals surface area contributed by atoms with Gasteiger partial charge in [0.2, 0.25) is 0 Å². The average molecular weight is 512 g/mol. The first-order valence-electron chi connectivity index (χ1n) is 12.9. The number of piperazine rings is 1. The fourth-order valence-electron chi connectivity index (χ4n) is 4.59. The van der Waals surface area contributed by atoms with Crippen molar-refractivity contribution in [2.24, 2.45) is 0 Å². The Labute approximate surface area is 223 Å². The largest absolute Gasteiger partial charge is 0.456 e. The van der Waals surface area contributed by atoms with Crippen LogP contribution < -0.4 is 5.32 Å². The van der Waals surface area contributed by atoms with Crippen LogP contribution in [0.5, 0.6) is 0 Å². The molecule has 0 unspecified atom stereocenters. The number of furan rings is 1. The van der Waals surface area contributed by atoms with Gasteiger partial charge in [0.25, 0.3) is 5.91 Å². The van der Waals surface area contributed by atoms with E-state index in [0.717, 1.165) is 36.2 Å². The van der Waals surface area contributed by atoms with Gasteiger partial charge in [-0.05, 0) is 68.8 Å². The number of nitrogens with one attached hydrogen (secondary N) is 1. The number of benzene rings is 3. The summed E-state index contributed by atoms with van der Waals surface area (Å²) in [5, 5.41) is 4.02. The van der Waals surface area contributed by atoms with E-state index in [4.69, 9.17) is 9.15 Å². The molecule has 1 saturated heterocycles. The van der Waals surface area contributed by atoms with E-state index in [0.29, 0.717) is 30.1 Å². The molecule has 0 spiro atoms. The second-order valence-electron chi connectivity index (χ2n) is 10.6. The maximum absolute atomic E-state index is 12.7. The van der Waals surface area contributed by atoms with E-state index in [-0.39, 0.29) is 12.0 Å². The number of ether oxygens (including phenoxy) is 1. The predicted octanol–water partition coefficient (Wildman–Crippen LogP) is 6.40. The van der Waals surface area contributed by atoms with Crippen LogP contribution >= 0.6 is 0 Å². The molecule has 1 aliphatic heterocycles. The monoisotopic (exact) mass is 511 g/mol. The minimum Gasteiger partial charge on any atom is -0.456 e. The second-order valence-corrected chi connectivity index (χ2v) is 10.6. The summed E-state index contributed by atoms with van der Waals surface area (Å²) in [6, 6.07) is 25.1. The lowest BCUT2D eigenvalue weighted by molar-refractivity contribution is 0.0139. The molecular weight excluding hydrogens is 478 g/mol. The van der Waals surface area contributed by atoms with Crippen LogP contribution in [0.25, 0.3) is 22.3 Å². The van der Waals surface area contributed by atoms with Crippen molar-refractivity contribution < 1.29 is 18.7 Å². The molecule has 0 saturated carbocycles. The Hall–Kier alpha value is -4.10. The zero-order valence-electron chi connectivity index (χ0n) is 22.1. The van der Waals surface area contributed by atoms with Gasteiger partial charge in [0.15, 0.2) is 0 Å². The van der Waals surface area contributed by atoms with Crippen molar-refractivity contribution in [1.29, 1.82) is 0 Å². The first kappa shape index (κ1) is 25.5. The number of hydrogen-bond donors (Lipinski definition) is 1. The van der Waals surface area contributed by atoms with Crippen LogP contribution in [0.2, 0.25) is 0 Å². The third kappa shape index (κ3) is 6.06. The molecule has 1 N–H and O–H groups in total. The molecule has 0 radical (unpaired) electrons. The standard InChI is InChI=1S/C31H33N3O4/c1-31(2,3)38-30(36)34-17-15-33(16-18-34)21-22-13-14-27-24(19-22)20-28(37-27)25-11-7-8-12-26(25)32-29(35)23-9-5-4-6-10-23/h4-14,19-20H,15-18,21H2,1-3H3,(H,32,35). The Morgan fingerprint density at radius 2 is 1.61 bits per heavy atom. The van der Waals surface area contributed by atoms with Crippen LogP contribution in [0.3, 0.4) is 0 Å². The van der Waals surface area contributed by atoms with Crippen molar-refractivity contribution in [2.75, 3.05) is 31.5 Å². The molecular formula is C31H33N3O4. The highest BCUT2D eigenvalue weighted by Gasteiger charge is 2.26. The molecule has 0 bridgehead atoms. The highest BCUT2D eigenvalue weighted by atomic mass is 16.6. The van der Waals surface area contributed by atoms with Gasteiger partial charge in [-0.25, -0.2) is 4.79 Å². The number of amides is 2. The van der Waals surface area contributed by atoms with E-state index in [1.807, 2.05) is 75.4 Å². The summed E-state index contributed by atoms with van der Waals surface area (Å²) in [4.78, 5) is 29.2. The minimum atomic E-state index is -0.485. The number of carbonyl (C=O) groups is 2. The molecule has 4 aromatic rings. The smallest absolute Gasteiger partial charge is 0.410 e. The van der Waals surface area contributed by atoms with Gasteiger partial charge in [-0.15, -0.1) is 0 Å². The molecule has 38 heavy (non-hydrogen) atoms. The summed E-state index contributed by atoms with van der Waals surface area (Å²) in [6.45, 7) is 9.35. The summed E-state index contributed by atoms with van der Waals surface area (Å²) >= 11 is 0. The fourth-order valence-corrected chi connectivity index (χ4v) is 4.59. The van der Waals surface area contributed by atoms with Crippen LogP contribution in [-0.2, 0) is 11.3 Å². The lowest BCUT2D eigenvalue weighted by atomic mass is 10.1. The predicted molar refractivity (Wildman–Crippen MR) is 149 cm³/mol. The molecule has 7 nitrogen and oxygen atoms in total. The summed E-state index contributed by atoms with van der Waals surface area (Å²) in [7, 11) is 0. The Kier molecular flexibility index (Phi) is 7.20. The number of anilines is 1. The Balaban J connectivity index is 1.27. The van der Waals surface area contributed by atoms with Gasteiger partial charge in [0.05, 0.1) is 5.69 Å². The van der Waals surface area contributed by atoms with E-state index in [1.54, 1.807) is 17.0 Å². The molecule has 196 valence electrons. The van der Waals surface area contributed by atoms with Crippen molar-refractivity contribution in [3.8, 4) is 11.3 Å². The van der Waals surface area contributed by atoms with Gasteiger partial charge >= 0.3 is 6.09 Å². The Bertz CT molecular complexity index is 1430. The summed E-state index contributed by atoms with van der Waals surface area (Å²) in [6.07, 6.45) is -0.246. The molecule has 7 heteroatoms. The van der Waals surface area contributed by atoms with Crippen molar-refractivity contribution in [2.45, 2.75) is 32.9 Å². The van der Waals surface area contributed by atoms with Crippen molar-refractivity contribution in [3.05, 3.63) is 90.0 Å². The lowest BCUT2D eigenvalue weighted by Gasteiger charge is -2.35. The zero-order chi connectivity index (χ0) is 26.7. The van der Waals surface area contributed by atoms with Crippen LogP contribution in [0.15, 0.2) is 83.3 Å². The number of carbonyl (C=O) groups excluding carboxylic acids is 2.